The molecule has 0 N–H and O–H groups in total. The highest BCUT2D eigenvalue weighted by Crippen LogP contribution is 2.45. The molecule has 0 bridgehead atoms. The van der Waals surface area contributed by atoms with Crippen LogP contribution in [0, 0.1) is 0 Å². The maximum atomic E-state index is 6.37. The van der Waals surface area contributed by atoms with Crippen molar-refractivity contribution in [3.05, 3.63) is 206 Å². The summed E-state index contributed by atoms with van der Waals surface area (Å²) in [5, 5.41) is 7.11. The maximum absolute atomic E-state index is 6.37. The molecule has 0 unspecified atom stereocenters. The van der Waals surface area contributed by atoms with E-state index in [4.69, 9.17) is 4.42 Å². The first kappa shape index (κ1) is 31.2. The van der Waals surface area contributed by atoms with Crippen LogP contribution in [-0.2, 0) is 0 Å². The van der Waals surface area contributed by atoms with Gasteiger partial charge in [-0.25, -0.2) is 0 Å². The SMILES string of the molecule is c1cc(-c2ccc(N(c3cccc4ccccc34)c3cccc4oc5ccccc5c34)cc2)cc(-c2ccccc2-n2c3ccccc3c3ccccc32)c1. The number of para-hydroxylation sites is 4. The number of nitrogens with zero attached hydrogens (tertiary/aromatic N) is 2. The van der Waals surface area contributed by atoms with Crippen LogP contribution >= 0.6 is 0 Å². The largest absolute Gasteiger partial charge is 0.456 e. The van der Waals surface area contributed by atoms with Crippen molar-refractivity contribution in [2.45, 2.75) is 0 Å². The van der Waals surface area contributed by atoms with Crippen molar-refractivity contribution >= 4 is 71.6 Å². The molecular formula is C52H34N2O. The highest BCUT2D eigenvalue weighted by Gasteiger charge is 2.21. The molecule has 2 aromatic heterocycles. The number of hydrogen-bond donors (Lipinski definition) is 0. The van der Waals surface area contributed by atoms with Gasteiger partial charge in [-0.3, -0.25) is 0 Å². The van der Waals surface area contributed by atoms with Crippen LogP contribution in [-0.4, -0.2) is 4.57 Å². The molecule has 3 nitrogen and oxygen atoms in total. The number of hydrogen-bond acceptors (Lipinski definition) is 2. The molecule has 0 aliphatic rings. The Hall–Kier alpha value is -7.36. The Kier molecular flexibility index (Phi) is 7.17. The molecule has 3 heteroatoms. The van der Waals surface area contributed by atoms with Gasteiger partial charge in [0.05, 0.1) is 33.5 Å². The molecule has 9 aromatic carbocycles. The number of furan rings is 1. The third kappa shape index (κ3) is 5.05. The average Bonchev–Trinajstić information content (AvgIpc) is 3.81. The normalized spacial score (nSPS) is 11.6. The summed E-state index contributed by atoms with van der Waals surface area (Å²) in [5.41, 5.74) is 13.3. The predicted octanol–water partition coefficient (Wildman–Crippen LogP) is 14.6. The molecule has 0 saturated heterocycles. The summed E-state index contributed by atoms with van der Waals surface area (Å²) in [7, 11) is 0. The monoisotopic (exact) mass is 702 g/mol. The third-order valence-corrected chi connectivity index (χ3v) is 11.0. The molecule has 258 valence electrons. The third-order valence-electron chi connectivity index (χ3n) is 11.0. The Morgan fingerprint density at radius 2 is 0.964 bits per heavy atom. The topological polar surface area (TPSA) is 21.3 Å². The van der Waals surface area contributed by atoms with E-state index < -0.39 is 0 Å². The summed E-state index contributed by atoms with van der Waals surface area (Å²) in [6.45, 7) is 0. The van der Waals surface area contributed by atoms with Crippen LogP contribution in [0.1, 0.15) is 0 Å². The smallest absolute Gasteiger partial charge is 0.137 e. The van der Waals surface area contributed by atoms with E-state index >= 15 is 0 Å². The van der Waals surface area contributed by atoms with Gasteiger partial charge in [0.15, 0.2) is 0 Å². The van der Waals surface area contributed by atoms with Crippen LogP contribution in [0.4, 0.5) is 17.1 Å². The molecule has 0 amide bonds. The second-order valence-corrected chi connectivity index (χ2v) is 14.1. The van der Waals surface area contributed by atoms with Gasteiger partial charge in [0.25, 0.3) is 0 Å². The van der Waals surface area contributed by atoms with Crippen LogP contribution in [0.2, 0.25) is 0 Å². The van der Waals surface area contributed by atoms with Gasteiger partial charge in [-0.05, 0) is 82.7 Å². The van der Waals surface area contributed by atoms with Crippen LogP contribution < -0.4 is 4.90 Å². The van der Waals surface area contributed by atoms with E-state index in [-0.39, 0.29) is 0 Å². The molecule has 11 rings (SSSR count). The van der Waals surface area contributed by atoms with Gasteiger partial charge in [-0.15, -0.1) is 0 Å². The number of fused-ring (bicyclic) bond motifs is 7. The number of benzene rings is 9. The van der Waals surface area contributed by atoms with Gasteiger partial charge in [-0.2, -0.15) is 0 Å². The molecule has 0 saturated carbocycles. The zero-order chi connectivity index (χ0) is 36.3. The van der Waals surface area contributed by atoms with E-state index in [1.165, 1.54) is 55.0 Å². The van der Waals surface area contributed by atoms with Gasteiger partial charge in [0.2, 0.25) is 0 Å². The Morgan fingerprint density at radius 1 is 0.382 bits per heavy atom. The summed E-state index contributed by atoms with van der Waals surface area (Å²) in [5.74, 6) is 0. The van der Waals surface area contributed by atoms with Crippen molar-refractivity contribution in [3.63, 3.8) is 0 Å². The first-order valence-electron chi connectivity index (χ1n) is 18.8. The molecule has 2 heterocycles. The van der Waals surface area contributed by atoms with Crippen LogP contribution in [0.3, 0.4) is 0 Å². The fourth-order valence-electron chi connectivity index (χ4n) is 8.52. The van der Waals surface area contributed by atoms with Gasteiger partial charge in [0, 0.05) is 32.8 Å². The van der Waals surface area contributed by atoms with Crippen molar-refractivity contribution in [3.8, 4) is 27.9 Å². The maximum Gasteiger partial charge on any atom is 0.137 e. The Bertz CT molecular complexity index is 3160. The van der Waals surface area contributed by atoms with E-state index in [0.29, 0.717) is 0 Å². The van der Waals surface area contributed by atoms with E-state index in [0.717, 1.165) is 44.6 Å². The lowest BCUT2D eigenvalue weighted by atomic mass is 9.97. The number of anilines is 3. The van der Waals surface area contributed by atoms with Crippen molar-refractivity contribution in [1.29, 1.82) is 0 Å². The molecule has 55 heavy (non-hydrogen) atoms. The highest BCUT2D eigenvalue weighted by atomic mass is 16.3. The summed E-state index contributed by atoms with van der Waals surface area (Å²) in [6.07, 6.45) is 0. The van der Waals surface area contributed by atoms with Gasteiger partial charge < -0.3 is 13.9 Å². The highest BCUT2D eigenvalue weighted by molar-refractivity contribution is 6.15. The molecule has 0 aliphatic carbocycles. The van der Waals surface area contributed by atoms with E-state index in [1.807, 2.05) is 12.1 Å². The van der Waals surface area contributed by atoms with E-state index in [1.54, 1.807) is 0 Å². The Morgan fingerprint density at radius 3 is 1.78 bits per heavy atom. The molecular weight excluding hydrogens is 669 g/mol. The van der Waals surface area contributed by atoms with Crippen molar-refractivity contribution in [2.75, 3.05) is 4.90 Å². The van der Waals surface area contributed by atoms with Crippen LogP contribution in [0.5, 0.6) is 0 Å². The van der Waals surface area contributed by atoms with Gasteiger partial charge >= 0.3 is 0 Å². The molecule has 0 aliphatic heterocycles. The Labute approximate surface area is 318 Å². The van der Waals surface area contributed by atoms with Gasteiger partial charge in [-0.1, -0.05) is 146 Å². The molecule has 0 radical (unpaired) electrons. The van der Waals surface area contributed by atoms with Crippen molar-refractivity contribution in [1.82, 2.24) is 4.57 Å². The summed E-state index contributed by atoms with van der Waals surface area (Å²) in [6, 6.07) is 73.9. The van der Waals surface area contributed by atoms with Crippen LogP contribution in [0.15, 0.2) is 211 Å². The minimum Gasteiger partial charge on any atom is -0.456 e. The summed E-state index contributed by atoms with van der Waals surface area (Å²) < 4.78 is 8.78. The second kappa shape index (κ2) is 12.6. The summed E-state index contributed by atoms with van der Waals surface area (Å²) >= 11 is 0. The predicted molar refractivity (Wildman–Crippen MR) is 231 cm³/mol. The Balaban J connectivity index is 1.04. The first-order chi connectivity index (χ1) is 27.3. The van der Waals surface area contributed by atoms with E-state index in [2.05, 4.69) is 204 Å². The lowest BCUT2D eigenvalue weighted by molar-refractivity contribution is 0.669. The quantitative estimate of drug-likeness (QED) is 0.172. The van der Waals surface area contributed by atoms with E-state index in [9.17, 15) is 0 Å². The van der Waals surface area contributed by atoms with Crippen LogP contribution in [0.25, 0.3) is 82.5 Å². The zero-order valence-electron chi connectivity index (χ0n) is 29.9. The summed E-state index contributed by atoms with van der Waals surface area (Å²) in [4.78, 5) is 2.38. The minimum absolute atomic E-state index is 0.874. The molecule has 11 aromatic rings. The van der Waals surface area contributed by atoms with Gasteiger partial charge in [0.1, 0.15) is 11.2 Å². The average molecular weight is 703 g/mol. The number of aromatic nitrogens is 1. The molecule has 0 atom stereocenters. The number of rotatable bonds is 6. The van der Waals surface area contributed by atoms with Crippen molar-refractivity contribution < 1.29 is 4.42 Å². The molecule has 0 spiro atoms. The lowest BCUT2D eigenvalue weighted by Gasteiger charge is -2.27. The zero-order valence-corrected chi connectivity index (χ0v) is 29.9. The fraction of sp³-hybridized carbons (Fsp3) is 0. The standard InChI is InChI=1S/C52H34N2O/c1-2-18-40-36(14-1)15-12-26-45(40)53(49-27-13-29-51-52(49)44-22-6-10-28-50(44)55-51)39-32-30-35(31-33-39)37-16-11-17-38(34-37)41-19-3-7-23-46(41)54-47-24-8-4-20-42(47)43-21-5-9-25-48(43)54/h1-34H. The second-order valence-electron chi connectivity index (χ2n) is 14.1. The molecule has 0 fully saturated rings. The minimum atomic E-state index is 0.874. The van der Waals surface area contributed by atoms with Crippen molar-refractivity contribution in [2.24, 2.45) is 0 Å². The first-order valence-corrected chi connectivity index (χ1v) is 18.8. The lowest BCUT2D eigenvalue weighted by Crippen LogP contribution is -2.10. The fourth-order valence-corrected chi connectivity index (χ4v) is 8.52.